The van der Waals surface area contributed by atoms with Gasteiger partial charge in [-0.3, -0.25) is 9.59 Å². The molecule has 0 saturated carbocycles. The van der Waals surface area contributed by atoms with E-state index in [0.29, 0.717) is 17.1 Å². The van der Waals surface area contributed by atoms with E-state index in [1.165, 1.54) is 12.5 Å². The monoisotopic (exact) mass is 418 g/mol. The Morgan fingerprint density at radius 1 is 1.03 bits per heavy atom. The van der Waals surface area contributed by atoms with E-state index in [9.17, 15) is 9.59 Å². The highest BCUT2D eigenvalue weighted by Crippen LogP contribution is 2.37. The fourth-order valence-corrected chi connectivity index (χ4v) is 4.10. The van der Waals surface area contributed by atoms with E-state index in [1.807, 2.05) is 13.0 Å². The molecule has 0 aliphatic heterocycles. The number of fused-ring (bicyclic) bond motifs is 3. The lowest BCUT2D eigenvalue weighted by molar-refractivity contribution is -0.114. The molecule has 1 aliphatic rings. The van der Waals surface area contributed by atoms with Gasteiger partial charge in [0.2, 0.25) is 11.8 Å². The zero-order valence-electron chi connectivity index (χ0n) is 18.0. The molecule has 0 fully saturated rings. The number of amides is 2. The zero-order valence-corrected chi connectivity index (χ0v) is 18.0. The average Bonchev–Trinajstić information content (AvgIpc) is 3.10. The van der Waals surface area contributed by atoms with Crippen molar-refractivity contribution in [1.29, 1.82) is 0 Å². The van der Waals surface area contributed by atoms with Crippen LogP contribution in [0, 0.1) is 0 Å². The Morgan fingerprint density at radius 2 is 1.77 bits per heavy atom. The first-order valence-corrected chi connectivity index (χ1v) is 10.4. The minimum atomic E-state index is -0.256. The van der Waals surface area contributed by atoms with Gasteiger partial charge in [-0.05, 0) is 56.0 Å². The molecule has 4 rings (SSSR count). The summed E-state index contributed by atoms with van der Waals surface area (Å²) in [6.07, 6.45) is 5.86. The molecule has 1 heterocycles. The molecule has 2 N–H and O–H groups in total. The minimum absolute atomic E-state index is 0.164. The third-order valence-electron chi connectivity index (χ3n) is 5.50. The van der Waals surface area contributed by atoms with Crippen LogP contribution in [0.25, 0.3) is 16.5 Å². The van der Waals surface area contributed by atoms with Gasteiger partial charge in [0.05, 0.1) is 7.11 Å². The standard InChI is InChI=1S/C25H26N2O4/c1-15(11-25(29)27-18-8-6-7-17(12-18)26-16(2)28)20-13-21-19-9-4-5-10-22(19)31-24(21)14-23(20)30-3/h6-8,11-14H,4-5,9-10H2,1-3H3,(H,26,28)(H,27,29)/b15-11+. The molecule has 0 radical (unpaired) electrons. The molecule has 0 atom stereocenters. The molecule has 2 amide bonds. The van der Waals surface area contributed by atoms with Crippen molar-refractivity contribution < 1.29 is 18.7 Å². The van der Waals surface area contributed by atoms with Gasteiger partial charge in [0.25, 0.3) is 0 Å². The molecule has 0 spiro atoms. The fourth-order valence-electron chi connectivity index (χ4n) is 4.10. The second-order valence-electron chi connectivity index (χ2n) is 7.84. The van der Waals surface area contributed by atoms with Gasteiger partial charge in [-0.1, -0.05) is 6.07 Å². The molecule has 1 aromatic heterocycles. The number of nitrogens with one attached hydrogen (secondary N) is 2. The van der Waals surface area contributed by atoms with E-state index in [-0.39, 0.29) is 11.8 Å². The second kappa shape index (κ2) is 8.68. The molecule has 0 bridgehead atoms. The highest BCUT2D eigenvalue weighted by Gasteiger charge is 2.20. The van der Waals surface area contributed by atoms with E-state index in [1.54, 1.807) is 37.5 Å². The number of benzene rings is 2. The summed E-state index contributed by atoms with van der Waals surface area (Å²) in [5.41, 5.74) is 5.00. The Morgan fingerprint density at radius 3 is 2.52 bits per heavy atom. The summed E-state index contributed by atoms with van der Waals surface area (Å²) < 4.78 is 11.6. The lowest BCUT2D eigenvalue weighted by Crippen LogP contribution is -2.10. The molecule has 6 heteroatoms. The lowest BCUT2D eigenvalue weighted by Gasteiger charge is -2.11. The van der Waals surface area contributed by atoms with Gasteiger partial charge in [-0.15, -0.1) is 0 Å². The molecule has 0 unspecified atom stereocenters. The van der Waals surface area contributed by atoms with Crippen molar-refractivity contribution in [3.63, 3.8) is 0 Å². The van der Waals surface area contributed by atoms with Gasteiger partial charge in [0, 0.05) is 53.4 Å². The van der Waals surface area contributed by atoms with E-state index in [0.717, 1.165) is 53.5 Å². The summed E-state index contributed by atoms with van der Waals surface area (Å²) in [4.78, 5) is 23.9. The molecule has 31 heavy (non-hydrogen) atoms. The Labute approximate surface area is 181 Å². The Hall–Kier alpha value is -3.54. The van der Waals surface area contributed by atoms with Crippen molar-refractivity contribution in [2.24, 2.45) is 0 Å². The third kappa shape index (κ3) is 4.48. The van der Waals surface area contributed by atoms with Crippen LogP contribution in [0.3, 0.4) is 0 Å². The number of furan rings is 1. The Bertz CT molecular complexity index is 1190. The van der Waals surface area contributed by atoms with Crippen molar-refractivity contribution in [3.05, 3.63) is 59.4 Å². The largest absolute Gasteiger partial charge is 0.496 e. The molecule has 160 valence electrons. The zero-order chi connectivity index (χ0) is 22.0. The van der Waals surface area contributed by atoms with Crippen LogP contribution in [0.2, 0.25) is 0 Å². The summed E-state index contributed by atoms with van der Waals surface area (Å²) >= 11 is 0. The summed E-state index contributed by atoms with van der Waals surface area (Å²) in [5, 5.41) is 6.66. The van der Waals surface area contributed by atoms with Gasteiger partial charge in [0.1, 0.15) is 17.1 Å². The maximum Gasteiger partial charge on any atom is 0.248 e. The summed E-state index contributed by atoms with van der Waals surface area (Å²) in [6.45, 7) is 3.34. The maximum absolute atomic E-state index is 12.6. The number of allylic oxidation sites excluding steroid dienone is 1. The Kier molecular flexibility index (Phi) is 5.80. The van der Waals surface area contributed by atoms with Crippen molar-refractivity contribution in [1.82, 2.24) is 0 Å². The second-order valence-corrected chi connectivity index (χ2v) is 7.84. The predicted molar refractivity (Wildman–Crippen MR) is 122 cm³/mol. The maximum atomic E-state index is 12.6. The van der Waals surface area contributed by atoms with Gasteiger partial charge in [0.15, 0.2) is 0 Å². The Balaban J connectivity index is 1.61. The van der Waals surface area contributed by atoms with Crippen LogP contribution in [0.15, 0.2) is 46.9 Å². The topological polar surface area (TPSA) is 80.6 Å². The molecule has 2 aromatic carbocycles. The average molecular weight is 418 g/mol. The van der Waals surface area contributed by atoms with E-state index >= 15 is 0 Å². The highest BCUT2D eigenvalue weighted by molar-refractivity contribution is 6.05. The molecule has 6 nitrogen and oxygen atoms in total. The minimum Gasteiger partial charge on any atom is -0.496 e. The SMILES string of the molecule is COc1cc2oc3c(c2cc1/C(C)=C/C(=O)Nc1cccc(NC(C)=O)c1)CCCC3. The molecule has 1 aliphatic carbocycles. The smallest absolute Gasteiger partial charge is 0.248 e. The summed E-state index contributed by atoms with van der Waals surface area (Å²) in [6, 6.07) is 11.0. The third-order valence-corrected chi connectivity index (χ3v) is 5.50. The van der Waals surface area contributed by atoms with E-state index in [4.69, 9.17) is 9.15 Å². The molecule has 0 saturated heterocycles. The number of rotatable bonds is 5. The van der Waals surface area contributed by atoms with E-state index < -0.39 is 0 Å². The number of aryl methyl sites for hydroxylation is 2. The van der Waals surface area contributed by atoms with Crippen LogP contribution in [-0.2, 0) is 22.4 Å². The van der Waals surface area contributed by atoms with Crippen molar-refractivity contribution >= 4 is 39.7 Å². The molecular weight excluding hydrogens is 392 g/mol. The number of ether oxygens (including phenoxy) is 1. The number of carbonyl (C=O) groups is 2. The van der Waals surface area contributed by atoms with Gasteiger partial charge in [-0.2, -0.15) is 0 Å². The first-order chi connectivity index (χ1) is 14.9. The number of hydrogen-bond acceptors (Lipinski definition) is 4. The number of methoxy groups -OCH3 is 1. The van der Waals surface area contributed by atoms with Crippen molar-refractivity contribution in [3.8, 4) is 5.75 Å². The lowest BCUT2D eigenvalue weighted by atomic mass is 9.94. The van der Waals surface area contributed by atoms with Crippen molar-refractivity contribution in [2.75, 3.05) is 17.7 Å². The van der Waals surface area contributed by atoms with Gasteiger partial charge in [-0.25, -0.2) is 0 Å². The van der Waals surface area contributed by atoms with Gasteiger partial charge >= 0.3 is 0 Å². The number of anilines is 2. The van der Waals surface area contributed by atoms with Crippen LogP contribution in [0.4, 0.5) is 11.4 Å². The number of hydrogen-bond donors (Lipinski definition) is 2. The quantitative estimate of drug-likeness (QED) is 0.550. The van der Waals surface area contributed by atoms with Crippen LogP contribution in [-0.4, -0.2) is 18.9 Å². The van der Waals surface area contributed by atoms with Crippen molar-refractivity contribution in [2.45, 2.75) is 39.5 Å². The first kappa shape index (κ1) is 20.7. The highest BCUT2D eigenvalue weighted by atomic mass is 16.5. The first-order valence-electron chi connectivity index (χ1n) is 10.4. The van der Waals surface area contributed by atoms with E-state index in [2.05, 4.69) is 16.7 Å². The van der Waals surface area contributed by atoms with Crippen LogP contribution in [0.1, 0.15) is 43.6 Å². The molecule has 3 aromatic rings. The summed E-state index contributed by atoms with van der Waals surface area (Å²) in [5.74, 6) is 1.32. The van der Waals surface area contributed by atoms with Crippen LogP contribution < -0.4 is 15.4 Å². The predicted octanol–water partition coefficient (Wildman–Crippen LogP) is 5.32. The molecular formula is C25H26N2O4. The fraction of sp³-hybridized carbons (Fsp3) is 0.280. The van der Waals surface area contributed by atoms with Gasteiger partial charge < -0.3 is 19.8 Å². The normalized spacial score (nSPS) is 13.6. The van der Waals surface area contributed by atoms with Crippen LogP contribution >= 0.6 is 0 Å². The summed E-state index contributed by atoms with van der Waals surface area (Å²) in [7, 11) is 1.62. The number of carbonyl (C=O) groups excluding carboxylic acids is 2. The van der Waals surface area contributed by atoms with Crippen LogP contribution in [0.5, 0.6) is 5.75 Å².